The van der Waals surface area contributed by atoms with Crippen LogP contribution in [-0.2, 0) is 7.05 Å². The summed E-state index contributed by atoms with van der Waals surface area (Å²) >= 11 is 4.86. The monoisotopic (exact) mass is 375 g/mol. The number of aryl methyl sites for hydroxylation is 1. The van der Waals surface area contributed by atoms with E-state index < -0.39 is 0 Å². The summed E-state index contributed by atoms with van der Waals surface area (Å²) in [6, 6.07) is 11.5. The number of hydrogen-bond acceptors (Lipinski definition) is 3. The first-order valence-electron chi connectivity index (χ1n) is 6.70. The molecule has 3 rings (SSSR count). The van der Waals surface area contributed by atoms with Gasteiger partial charge in [0, 0.05) is 28.3 Å². The largest absolute Gasteiger partial charge is 0.346 e. The van der Waals surface area contributed by atoms with E-state index >= 15 is 0 Å². The van der Waals surface area contributed by atoms with Gasteiger partial charge in [-0.1, -0.05) is 22.0 Å². The molecule has 0 aliphatic rings. The average Bonchev–Trinajstić information content (AvgIpc) is 3.07. The number of halogens is 1. The lowest BCUT2D eigenvalue weighted by atomic mass is 10.3. The molecule has 0 unspecified atom stereocenters. The summed E-state index contributed by atoms with van der Waals surface area (Å²) in [6.07, 6.45) is 0. The molecule has 0 aliphatic heterocycles. The van der Waals surface area contributed by atoms with Gasteiger partial charge < -0.3 is 9.88 Å². The summed E-state index contributed by atoms with van der Waals surface area (Å²) in [7, 11) is 1.99. The summed E-state index contributed by atoms with van der Waals surface area (Å²) in [5, 5.41) is 5.48. The maximum Gasteiger partial charge on any atom is 0.275 e. The Bertz CT molecular complexity index is 838. The van der Waals surface area contributed by atoms with Crippen LogP contribution in [0.15, 0.2) is 46.3 Å². The molecule has 3 aromatic rings. The van der Waals surface area contributed by atoms with Crippen molar-refractivity contribution in [3.63, 3.8) is 0 Å². The molecule has 6 heteroatoms. The summed E-state index contributed by atoms with van der Waals surface area (Å²) < 4.78 is 2.98. The molecule has 1 aromatic carbocycles. The number of nitrogens with zero attached hydrogens (tertiary/aromatic N) is 2. The van der Waals surface area contributed by atoms with Crippen molar-refractivity contribution in [2.45, 2.75) is 6.92 Å². The van der Waals surface area contributed by atoms with Gasteiger partial charge in [-0.2, -0.15) is 0 Å². The minimum Gasteiger partial charge on any atom is -0.346 e. The maximum atomic E-state index is 12.3. The van der Waals surface area contributed by atoms with Crippen molar-refractivity contribution in [2.24, 2.45) is 7.05 Å². The molecule has 112 valence electrons. The van der Waals surface area contributed by atoms with E-state index in [1.54, 1.807) is 5.38 Å². The van der Waals surface area contributed by atoms with E-state index in [9.17, 15) is 4.79 Å². The first-order chi connectivity index (χ1) is 10.5. The molecule has 0 radical (unpaired) electrons. The van der Waals surface area contributed by atoms with Crippen molar-refractivity contribution < 1.29 is 4.79 Å². The van der Waals surface area contributed by atoms with Crippen molar-refractivity contribution in [2.75, 3.05) is 5.32 Å². The van der Waals surface area contributed by atoms with Crippen LogP contribution in [-0.4, -0.2) is 15.5 Å². The van der Waals surface area contributed by atoms with Gasteiger partial charge in [0.25, 0.3) is 5.91 Å². The smallest absolute Gasteiger partial charge is 0.275 e. The second-order valence-corrected chi connectivity index (χ2v) is 6.70. The fourth-order valence-corrected chi connectivity index (χ4v) is 3.34. The van der Waals surface area contributed by atoms with Gasteiger partial charge in [0.05, 0.1) is 5.69 Å². The third-order valence-electron chi connectivity index (χ3n) is 3.41. The molecule has 0 spiro atoms. The average molecular weight is 376 g/mol. The van der Waals surface area contributed by atoms with Crippen LogP contribution >= 0.6 is 27.3 Å². The van der Waals surface area contributed by atoms with Crippen molar-refractivity contribution in [3.8, 4) is 10.7 Å². The first kappa shape index (κ1) is 15.0. The molecule has 0 fully saturated rings. The van der Waals surface area contributed by atoms with Crippen LogP contribution in [0.3, 0.4) is 0 Å². The number of amides is 1. The van der Waals surface area contributed by atoms with Crippen LogP contribution in [0.5, 0.6) is 0 Å². The van der Waals surface area contributed by atoms with Gasteiger partial charge in [-0.25, -0.2) is 4.98 Å². The third-order valence-corrected chi connectivity index (χ3v) is 4.77. The van der Waals surface area contributed by atoms with Gasteiger partial charge in [-0.05, 0) is 37.3 Å². The molecule has 0 bridgehead atoms. The highest BCUT2D eigenvalue weighted by molar-refractivity contribution is 9.10. The van der Waals surface area contributed by atoms with E-state index in [0.29, 0.717) is 5.69 Å². The number of carbonyl (C=O) groups is 1. The second-order valence-electron chi connectivity index (χ2n) is 4.92. The van der Waals surface area contributed by atoms with Crippen LogP contribution in [0.4, 0.5) is 5.69 Å². The molecule has 22 heavy (non-hydrogen) atoms. The molecule has 0 saturated carbocycles. The number of rotatable bonds is 3. The van der Waals surface area contributed by atoms with Crippen molar-refractivity contribution in [1.82, 2.24) is 9.55 Å². The van der Waals surface area contributed by atoms with E-state index in [2.05, 4.69) is 30.8 Å². The lowest BCUT2D eigenvalue weighted by Gasteiger charge is -2.03. The van der Waals surface area contributed by atoms with Crippen molar-refractivity contribution >= 4 is 38.9 Å². The van der Waals surface area contributed by atoms with Crippen LogP contribution in [0.2, 0.25) is 0 Å². The molecule has 2 aromatic heterocycles. The summed E-state index contributed by atoms with van der Waals surface area (Å²) in [6.45, 7) is 2.04. The van der Waals surface area contributed by atoms with Gasteiger partial charge in [0.1, 0.15) is 10.7 Å². The van der Waals surface area contributed by atoms with E-state index in [4.69, 9.17) is 0 Å². The number of thiazole rings is 1. The van der Waals surface area contributed by atoms with E-state index in [-0.39, 0.29) is 5.91 Å². The lowest BCUT2D eigenvalue weighted by Crippen LogP contribution is -2.12. The zero-order chi connectivity index (χ0) is 15.7. The third kappa shape index (κ3) is 2.98. The molecular formula is C16H14BrN3OS. The van der Waals surface area contributed by atoms with Crippen LogP contribution in [0.1, 0.15) is 16.2 Å². The van der Waals surface area contributed by atoms with Gasteiger partial charge in [-0.3, -0.25) is 4.79 Å². The van der Waals surface area contributed by atoms with Crippen molar-refractivity contribution in [3.05, 3.63) is 57.6 Å². The molecule has 0 saturated heterocycles. The minimum absolute atomic E-state index is 0.202. The van der Waals surface area contributed by atoms with Crippen LogP contribution < -0.4 is 5.32 Å². The van der Waals surface area contributed by atoms with Crippen LogP contribution in [0, 0.1) is 6.92 Å². The second kappa shape index (κ2) is 6.06. The van der Waals surface area contributed by atoms with Gasteiger partial charge in [0.2, 0.25) is 0 Å². The van der Waals surface area contributed by atoms with E-state index in [0.717, 1.165) is 26.6 Å². The maximum absolute atomic E-state index is 12.3. The number of hydrogen-bond donors (Lipinski definition) is 1. The molecule has 1 N–H and O–H groups in total. The molecule has 2 heterocycles. The fraction of sp³-hybridized carbons (Fsp3) is 0.125. The van der Waals surface area contributed by atoms with Gasteiger partial charge in [-0.15, -0.1) is 11.3 Å². The Morgan fingerprint density at radius 2 is 2.14 bits per heavy atom. The highest BCUT2D eigenvalue weighted by Crippen LogP contribution is 2.25. The minimum atomic E-state index is -0.202. The Labute approximate surface area is 140 Å². The lowest BCUT2D eigenvalue weighted by molar-refractivity contribution is 0.102. The predicted molar refractivity (Wildman–Crippen MR) is 93.4 cm³/mol. The predicted octanol–water partition coefficient (Wildman–Crippen LogP) is 4.47. The standard InChI is InChI=1S/C16H14BrN3OS/c1-10-6-7-14(20(10)2)16-19-13(9-22-16)15(21)18-12-5-3-4-11(17)8-12/h3-9H,1-2H3,(H,18,21). The number of carbonyl (C=O) groups excluding carboxylic acids is 1. The summed E-state index contributed by atoms with van der Waals surface area (Å²) in [5.74, 6) is -0.202. The van der Waals surface area contributed by atoms with Gasteiger partial charge >= 0.3 is 0 Å². The Kier molecular flexibility index (Phi) is 4.13. The molecule has 0 aliphatic carbocycles. The molecule has 4 nitrogen and oxygen atoms in total. The van der Waals surface area contributed by atoms with E-state index in [1.807, 2.05) is 50.4 Å². The number of benzene rings is 1. The number of aromatic nitrogens is 2. The SMILES string of the molecule is Cc1ccc(-c2nc(C(=O)Nc3cccc(Br)c3)cs2)n1C. The van der Waals surface area contributed by atoms with Crippen LogP contribution in [0.25, 0.3) is 10.7 Å². The quantitative estimate of drug-likeness (QED) is 0.733. The van der Waals surface area contributed by atoms with E-state index in [1.165, 1.54) is 11.3 Å². The molecular weight excluding hydrogens is 362 g/mol. The number of anilines is 1. The zero-order valence-corrected chi connectivity index (χ0v) is 14.5. The Morgan fingerprint density at radius 3 is 2.82 bits per heavy atom. The summed E-state index contributed by atoms with van der Waals surface area (Å²) in [5.41, 5.74) is 3.34. The molecule has 1 amide bonds. The molecule has 0 atom stereocenters. The first-order valence-corrected chi connectivity index (χ1v) is 8.37. The normalized spacial score (nSPS) is 10.7. The highest BCUT2D eigenvalue weighted by Gasteiger charge is 2.14. The zero-order valence-electron chi connectivity index (χ0n) is 12.1. The van der Waals surface area contributed by atoms with Crippen molar-refractivity contribution in [1.29, 1.82) is 0 Å². The Balaban J connectivity index is 1.81. The topological polar surface area (TPSA) is 46.9 Å². The van der Waals surface area contributed by atoms with Gasteiger partial charge in [0.15, 0.2) is 0 Å². The number of nitrogens with one attached hydrogen (secondary N) is 1. The fourth-order valence-electron chi connectivity index (χ4n) is 2.08. The Hall–Kier alpha value is -1.92. The highest BCUT2D eigenvalue weighted by atomic mass is 79.9. The summed E-state index contributed by atoms with van der Waals surface area (Å²) in [4.78, 5) is 16.7. The Morgan fingerprint density at radius 1 is 1.32 bits per heavy atom.